The number of aryl methyl sites for hydroxylation is 2. The Labute approximate surface area is 123 Å². The number of ether oxygens (including phenoxy) is 1. The lowest BCUT2D eigenvalue weighted by molar-refractivity contribution is 0.191. The smallest absolute Gasteiger partial charge is 0.0587 e. The van der Waals surface area contributed by atoms with Gasteiger partial charge in [-0.1, -0.05) is 32.0 Å². The fraction of sp³-hybridized carbons (Fsp3) is 0.667. The average Bonchev–Trinajstić information content (AvgIpc) is 2.91. The largest absolute Gasteiger partial charge is 0.383 e. The SMILES string of the molecule is CCC(C)(CNCCOC)Cc1ccc2c(c1)CCC2. The Morgan fingerprint density at radius 3 is 2.80 bits per heavy atom. The number of methoxy groups -OCH3 is 1. The minimum Gasteiger partial charge on any atom is -0.383 e. The first kappa shape index (κ1) is 15.5. The van der Waals surface area contributed by atoms with Crippen LogP contribution in [0.2, 0.25) is 0 Å². The average molecular weight is 275 g/mol. The zero-order chi connectivity index (χ0) is 14.4. The van der Waals surface area contributed by atoms with Crippen LogP contribution in [-0.2, 0) is 24.0 Å². The molecule has 0 heterocycles. The van der Waals surface area contributed by atoms with Gasteiger partial charge in [-0.2, -0.15) is 0 Å². The van der Waals surface area contributed by atoms with Crippen molar-refractivity contribution in [1.82, 2.24) is 5.32 Å². The standard InChI is InChI=1S/C18H29NO/c1-4-18(2,14-19-10-11-20-3)13-15-8-9-16-6-5-7-17(16)12-15/h8-9,12,19H,4-7,10-11,13-14H2,1-3H3. The van der Waals surface area contributed by atoms with Gasteiger partial charge in [0.15, 0.2) is 0 Å². The Hall–Kier alpha value is -0.860. The fourth-order valence-corrected chi connectivity index (χ4v) is 3.10. The molecule has 1 N–H and O–H groups in total. The van der Waals surface area contributed by atoms with Crippen molar-refractivity contribution < 1.29 is 4.74 Å². The highest BCUT2D eigenvalue weighted by Gasteiger charge is 2.23. The molecule has 2 rings (SSSR count). The van der Waals surface area contributed by atoms with Crippen LogP contribution >= 0.6 is 0 Å². The van der Waals surface area contributed by atoms with E-state index in [2.05, 4.69) is 37.4 Å². The second-order valence-electron chi connectivity index (χ2n) is 6.47. The number of fused-ring (bicyclic) bond motifs is 1. The minimum atomic E-state index is 0.334. The van der Waals surface area contributed by atoms with E-state index >= 15 is 0 Å². The zero-order valence-corrected chi connectivity index (χ0v) is 13.3. The van der Waals surface area contributed by atoms with Crippen LogP contribution in [0.5, 0.6) is 0 Å². The molecule has 1 aromatic carbocycles. The van der Waals surface area contributed by atoms with Gasteiger partial charge in [-0.3, -0.25) is 0 Å². The summed E-state index contributed by atoms with van der Waals surface area (Å²) in [5.74, 6) is 0. The number of benzene rings is 1. The van der Waals surface area contributed by atoms with Gasteiger partial charge in [0.05, 0.1) is 6.61 Å². The summed E-state index contributed by atoms with van der Waals surface area (Å²) in [6.07, 6.45) is 6.25. The molecule has 1 atom stereocenters. The van der Waals surface area contributed by atoms with E-state index in [0.29, 0.717) is 5.41 Å². The summed E-state index contributed by atoms with van der Waals surface area (Å²) in [5.41, 5.74) is 5.00. The molecule has 0 saturated carbocycles. The number of hydrogen-bond acceptors (Lipinski definition) is 2. The van der Waals surface area contributed by atoms with Crippen molar-refractivity contribution in [3.05, 3.63) is 34.9 Å². The lowest BCUT2D eigenvalue weighted by Crippen LogP contribution is -2.34. The number of hydrogen-bond donors (Lipinski definition) is 1. The minimum absolute atomic E-state index is 0.334. The van der Waals surface area contributed by atoms with Crippen LogP contribution in [0.3, 0.4) is 0 Å². The molecule has 1 aromatic rings. The summed E-state index contributed by atoms with van der Waals surface area (Å²) >= 11 is 0. The van der Waals surface area contributed by atoms with Gasteiger partial charge >= 0.3 is 0 Å². The molecule has 1 aliphatic carbocycles. The molecular weight excluding hydrogens is 246 g/mol. The van der Waals surface area contributed by atoms with Crippen LogP contribution in [0, 0.1) is 5.41 Å². The van der Waals surface area contributed by atoms with Gasteiger partial charge in [-0.25, -0.2) is 0 Å². The molecule has 1 unspecified atom stereocenters. The van der Waals surface area contributed by atoms with E-state index in [-0.39, 0.29) is 0 Å². The summed E-state index contributed by atoms with van der Waals surface area (Å²) in [4.78, 5) is 0. The Kier molecular flexibility index (Phi) is 5.62. The Morgan fingerprint density at radius 2 is 2.05 bits per heavy atom. The molecule has 0 amide bonds. The van der Waals surface area contributed by atoms with Crippen molar-refractivity contribution in [2.75, 3.05) is 26.8 Å². The van der Waals surface area contributed by atoms with Gasteiger partial charge < -0.3 is 10.1 Å². The van der Waals surface area contributed by atoms with Crippen molar-refractivity contribution >= 4 is 0 Å². The fourth-order valence-electron chi connectivity index (χ4n) is 3.10. The predicted octanol–water partition coefficient (Wildman–Crippen LogP) is 3.37. The van der Waals surface area contributed by atoms with E-state index < -0.39 is 0 Å². The van der Waals surface area contributed by atoms with Gasteiger partial charge in [0, 0.05) is 20.2 Å². The van der Waals surface area contributed by atoms with Crippen LogP contribution in [0.4, 0.5) is 0 Å². The predicted molar refractivity (Wildman–Crippen MR) is 85.3 cm³/mol. The molecule has 1 aliphatic rings. The number of nitrogens with one attached hydrogen (secondary N) is 1. The van der Waals surface area contributed by atoms with E-state index in [1.54, 1.807) is 18.2 Å². The molecular formula is C18H29NO. The van der Waals surface area contributed by atoms with Crippen LogP contribution in [0.15, 0.2) is 18.2 Å². The van der Waals surface area contributed by atoms with Crippen molar-refractivity contribution in [1.29, 1.82) is 0 Å². The normalized spacial score (nSPS) is 16.9. The quantitative estimate of drug-likeness (QED) is 0.735. The molecule has 20 heavy (non-hydrogen) atoms. The molecule has 2 nitrogen and oxygen atoms in total. The van der Waals surface area contributed by atoms with E-state index in [1.165, 1.54) is 31.2 Å². The molecule has 0 fully saturated rings. The summed E-state index contributed by atoms with van der Waals surface area (Å²) in [6.45, 7) is 7.48. The lowest BCUT2D eigenvalue weighted by atomic mass is 9.80. The van der Waals surface area contributed by atoms with Gasteiger partial charge in [0.25, 0.3) is 0 Å². The van der Waals surface area contributed by atoms with Crippen molar-refractivity contribution in [2.45, 2.75) is 46.0 Å². The highest BCUT2D eigenvalue weighted by molar-refractivity contribution is 5.35. The second-order valence-corrected chi connectivity index (χ2v) is 6.47. The summed E-state index contributed by atoms with van der Waals surface area (Å²) < 4.78 is 5.10. The van der Waals surface area contributed by atoms with Gasteiger partial charge in [0.2, 0.25) is 0 Å². The molecule has 0 radical (unpaired) electrons. The second kappa shape index (κ2) is 7.24. The van der Waals surface area contributed by atoms with Gasteiger partial charge in [-0.05, 0) is 54.2 Å². The van der Waals surface area contributed by atoms with Crippen molar-refractivity contribution in [3.63, 3.8) is 0 Å². The highest BCUT2D eigenvalue weighted by Crippen LogP contribution is 2.29. The molecule has 0 aromatic heterocycles. The van der Waals surface area contributed by atoms with E-state index in [9.17, 15) is 0 Å². The maximum atomic E-state index is 5.10. The first-order chi connectivity index (χ1) is 9.67. The molecule has 0 saturated heterocycles. The molecule has 2 heteroatoms. The van der Waals surface area contributed by atoms with Crippen molar-refractivity contribution in [2.24, 2.45) is 5.41 Å². The first-order valence-corrected chi connectivity index (χ1v) is 7.97. The summed E-state index contributed by atoms with van der Waals surface area (Å²) in [6, 6.07) is 7.14. The van der Waals surface area contributed by atoms with Crippen LogP contribution in [0.1, 0.15) is 43.4 Å². The highest BCUT2D eigenvalue weighted by atomic mass is 16.5. The van der Waals surface area contributed by atoms with Gasteiger partial charge in [-0.15, -0.1) is 0 Å². The zero-order valence-electron chi connectivity index (χ0n) is 13.3. The number of rotatable bonds is 8. The third-order valence-corrected chi connectivity index (χ3v) is 4.68. The topological polar surface area (TPSA) is 21.3 Å². The summed E-state index contributed by atoms with van der Waals surface area (Å²) in [7, 11) is 1.76. The van der Waals surface area contributed by atoms with E-state index in [0.717, 1.165) is 26.1 Å². The third-order valence-electron chi connectivity index (χ3n) is 4.68. The summed E-state index contributed by atoms with van der Waals surface area (Å²) in [5, 5.41) is 3.53. The Bertz CT molecular complexity index is 429. The molecule has 112 valence electrons. The lowest BCUT2D eigenvalue weighted by Gasteiger charge is -2.29. The Morgan fingerprint density at radius 1 is 1.25 bits per heavy atom. The maximum absolute atomic E-state index is 5.10. The molecule has 0 bridgehead atoms. The first-order valence-electron chi connectivity index (χ1n) is 7.97. The Balaban J connectivity index is 1.94. The third kappa shape index (κ3) is 4.07. The van der Waals surface area contributed by atoms with Crippen molar-refractivity contribution in [3.8, 4) is 0 Å². The van der Waals surface area contributed by atoms with E-state index in [4.69, 9.17) is 4.74 Å². The van der Waals surface area contributed by atoms with Crippen LogP contribution in [-0.4, -0.2) is 26.8 Å². The molecule has 0 spiro atoms. The van der Waals surface area contributed by atoms with E-state index in [1.807, 2.05) is 0 Å². The van der Waals surface area contributed by atoms with Gasteiger partial charge in [0.1, 0.15) is 0 Å². The van der Waals surface area contributed by atoms with Crippen LogP contribution < -0.4 is 5.32 Å². The molecule has 0 aliphatic heterocycles. The maximum Gasteiger partial charge on any atom is 0.0587 e. The monoisotopic (exact) mass is 275 g/mol. The van der Waals surface area contributed by atoms with Crippen LogP contribution in [0.25, 0.3) is 0 Å².